The molecule has 0 aromatic heterocycles. The maximum atomic E-state index is 13.0. The van der Waals surface area contributed by atoms with E-state index in [0.29, 0.717) is 0 Å². The predicted octanol–water partition coefficient (Wildman–Crippen LogP) is 1.91. The molecule has 1 atom stereocenters. The Morgan fingerprint density at radius 1 is 1.42 bits per heavy atom. The summed E-state index contributed by atoms with van der Waals surface area (Å²) in [6.07, 6.45) is 1.42. The Balaban J connectivity index is 3.40. The molecular formula is C8H10FNOS. The number of nitrogens with zero attached hydrogens (tertiary/aromatic N) is 1. The predicted molar refractivity (Wildman–Crippen MR) is 47.1 cm³/mol. The minimum Gasteiger partial charge on any atom is -0.245 e. The fourth-order valence-electron chi connectivity index (χ4n) is 0.850. The molecule has 0 aliphatic rings. The molecule has 1 aromatic rings. The van der Waals surface area contributed by atoms with Gasteiger partial charge in [0.2, 0.25) is 0 Å². The van der Waals surface area contributed by atoms with E-state index < -0.39 is 15.5 Å². The van der Waals surface area contributed by atoms with Gasteiger partial charge in [-0.15, -0.1) is 0 Å². The van der Waals surface area contributed by atoms with Gasteiger partial charge in [0.15, 0.2) is 0 Å². The van der Waals surface area contributed by atoms with Gasteiger partial charge >= 0.3 is 0 Å². The van der Waals surface area contributed by atoms with E-state index in [9.17, 15) is 8.60 Å². The average Bonchev–Trinajstić information content (AvgIpc) is 2.05. The number of rotatable bonds is 1. The van der Waals surface area contributed by atoms with Crippen molar-refractivity contribution in [2.24, 2.45) is 4.36 Å². The van der Waals surface area contributed by atoms with Crippen LogP contribution in [0.25, 0.3) is 0 Å². The highest BCUT2D eigenvalue weighted by Gasteiger charge is 2.09. The molecule has 12 heavy (non-hydrogen) atoms. The highest BCUT2D eigenvalue weighted by Crippen LogP contribution is 2.14. The molecule has 0 fully saturated rings. The summed E-state index contributed by atoms with van der Waals surface area (Å²) in [5.41, 5.74) is 0. The van der Waals surface area contributed by atoms with Gasteiger partial charge in [0.1, 0.15) is 5.82 Å². The molecule has 0 aliphatic carbocycles. The molecule has 0 N–H and O–H groups in total. The van der Waals surface area contributed by atoms with Crippen LogP contribution in [0.5, 0.6) is 0 Å². The van der Waals surface area contributed by atoms with Gasteiger partial charge in [0.05, 0.1) is 14.6 Å². The maximum Gasteiger partial charge on any atom is 0.140 e. The molecule has 0 bridgehead atoms. The van der Waals surface area contributed by atoms with Crippen LogP contribution in [0.1, 0.15) is 0 Å². The van der Waals surface area contributed by atoms with Gasteiger partial charge in [-0.3, -0.25) is 0 Å². The van der Waals surface area contributed by atoms with Gasteiger partial charge in [0.25, 0.3) is 0 Å². The quantitative estimate of drug-likeness (QED) is 0.660. The van der Waals surface area contributed by atoms with Gasteiger partial charge in [0, 0.05) is 13.3 Å². The summed E-state index contributed by atoms with van der Waals surface area (Å²) in [4.78, 5) is 0.174. The lowest BCUT2D eigenvalue weighted by Gasteiger charge is -2.02. The lowest BCUT2D eigenvalue weighted by molar-refractivity contribution is 0.594. The summed E-state index contributed by atoms with van der Waals surface area (Å²) in [6.45, 7) is 0. The van der Waals surface area contributed by atoms with Gasteiger partial charge in [-0.05, 0) is 12.1 Å². The van der Waals surface area contributed by atoms with Crippen LogP contribution in [0.3, 0.4) is 0 Å². The SMILES string of the molecule is CN=S(C)(=O)c1ccccc1F. The van der Waals surface area contributed by atoms with Crippen LogP contribution in [0.15, 0.2) is 33.5 Å². The first kappa shape index (κ1) is 9.19. The Morgan fingerprint density at radius 2 is 2.00 bits per heavy atom. The Kier molecular flexibility index (Phi) is 2.47. The first-order valence-corrected chi connectivity index (χ1v) is 5.35. The number of halogens is 1. The van der Waals surface area contributed by atoms with E-state index in [4.69, 9.17) is 0 Å². The second-order valence-electron chi connectivity index (χ2n) is 2.42. The molecule has 0 spiro atoms. The van der Waals surface area contributed by atoms with E-state index in [1.165, 1.54) is 25.4 Å². The first-order valence-electron chi connectivity index (χ1n) is 3.43. The van der Waals surface area contributed by atoms with Crippen molar-refractivity contribution in [1.82, 2.24) is 0 Å². The lowest BCUT2D eigenvalue weighted by Crippen LogP contribution is -1.99. The van der Waals surface area contributed by atoms with E-state index in [0.717, 1.165) is 0 Å². The van der Waals surface area contributed by atoms with Gasteiger partial charge in [-0.25, -0.2) is 13.0 Å². The minimum absolute atomic E-state index is 0.174. The second-order valence-corrected chi connectivity index (χ2v) is 4.83. The molecule has 0 radical (unpaired) electrons. The molecule has 0 saturated carbocycles. The summed E-state index contributed by atoms with van der Waals surface area (Å²) in [5.74, 6) is -0.462. The van der Waals surface area contributed by atoms with E-state index in [1.807, 2.05) is 0 Å². The normalized spacial score (nSPS) is 15.2. The van der Waals surface area contributed by atoms with Gasteiger partial charge in [-0.2, -0.15) is 0 Å². The monoisotopic (exact) mass is 187 g/mol. The highest BCUT2D eigenvalue weighted by atomic mass is 32.2. The van der Waals surface area contributed by atoms with Crippen molar-refractivity contribution in [3.63, 3.8) is 0 Å². The van der Waals surface area contributed by atoms with Crippen LogP contribution >= 0.6 is 0 Å². The Bertz CT molecular complexity index is 394. The largest absolute Gasteiger partial charge is 0.245 e. The van der Waals surface area contributed by atoms with E-state index in [-0.39, 0.29) is 4.90 Å². The molecule has 0 saturated heterocycles. The molecular weight excluding hydrogens is 177 g/mol. The van der Waals surface area contributed by atoms with Crippen LogP contribution in [0.2, 0.25) is 0 Å². The van der Waals surface area contributed by atoms with Crippen LogP contribution in [0.4, 0.5) is 4.39 Å². The molecule has 0 aliphatic heterocycles. The number of benzene rings is 1. The molecule has 2 nitrogen and oxygen atoms in total. The Hall–Kier alpha value is -0.900. The van der Waals surface area contributed by atoms with E-state index in [2.05, 4.69) is 4.36 Å². The minimum atomic E-state index is -2.53. The van der Waals surface area contributed by atoms with E-state index in [1.54, 1.807) is 12.1 Å². The Labute approximate surface area is 71.6 Å². The summed E-state index contributed by atoms with van der Waals surface area (Å²) in [6, 6.07) is 5.98. The fraction of sp³-hybridized carbons (Fsp3) is 0.250. The van der Waals surface area contributed by atoms with Crippen LogP contribution in [0, 0.1) is 5.82 Å². The van der Waals surface area contributed by atoms with Crippen molar-refractivity contribution in [3.8, 4) is 0 Å². The van der Waals surface area contributed by atoms with Crippen molar-refractivity contribution in [3.05, 3.63) is 30.1 Å². The van der Waals surface area contributed by atoms with Crippen molar-refractivity contribution in [1.29, 1.82) is 0 Å². The van der Waals surface area contributed by atoms with Crippen LogP contribution < -0.4 is 0 Å². The topological polar surface area (TPSA) is 29.4 Å². The fourth-order valence-corrected chi connectivity index (χ4v) is 1.81. The third kappa shape index (κ3) is 1.64. The van der Waals surface area contributed by atoms with Crippen molar-refractivity contribution >= 4 is 9.73 Å². The Morgan fingerprint density at radius 3 is 2.50 bits per heavy atom. The van der Waals surface area contributed by atoms with Crippen LogP contribution in [-0.4, -0.2) is 17.5 Å². The third-order valence-corrected chi connectivity index (χ3v) is 3.44. The first-order chi connectivity index (χ1) is 5.58. The number of hydrogen-bond donors (Lipinski definition) is 0. The zero-order chi connectivity index (χ0) is 9.19. The molecule has 1 aromatic carbocycles. The highest BCUT2D eigenvalue weighted by molar-refractivity contribution is 7.93. The zero-order valence-electron chi connectivity index (χ0n) is 6.95. The maximum absolute atomic E-state index is 13.0. The van der Waals surface area contributed by atoms with Crippen LogP contribution in [-0.2, 0) is 9.73 Å². The van der Waals surface area contributed by atoms with Crippen molar-refractivity contribution < 1.29 is 8.60 Å². The van der Waals surface area contributed by atoms with Crippen molar-refractivity contribution in [2.75, 3.05) is 13.3 Å². The van der Waals surface area contributed by atoms with Gasteiger partial charge in [-0.1, -0.05) is 12.1 Å². The zero-order valence-corrected chi connectivity index (χ0v) is 7.77. The molecule has 4 heteroatoms. The van der Waals surface area contributed by atoms with Crippen molar-refractivity contribution in [2.45, 2.75) is 4.90 Å². The summed E-state index contributed by atoms with van der Waals surface area (Å²) < 4.78 is 28.2. The van der Waals surface area contributed by atoms with E-state index >= 15 is 0 Å². The smallest absolute Gasteiger partial charge is 0.140 e. The van der Waals surface area contributed by atoms with Gasteiger partial charge < -0.3 is 0 Å². The molecule has 0 amide bonds. The average molecular weight is 187 g/mol. The summed E-state index contributed by atoms with van der Waals surface area (Å²) >= 11 is 0. The molecule has 66 valence electrons. The third-order valence-electron chi connectivity index (χ3n) is 1.59. The summed E-state index contributed by atoms with van der Waals surface area (Å²) in [5, 5.41) is 0. The second kappa shape index (κ2) is 3.23. The molecule has 1 unspecified atom stereocenters. The summed E-state index contributed by atoms with van der Waals surface area (Å²) in [7, 11) is -1.10. The standard InChI is InChI=1S/C8H10FNOS/c1-10-12(2,11)8-6-4-3-5-7(8)9/h3-6H,1-2H3. The lowest BCUT2D eigenvalue weighted by atomic mass is 10.4. The molecule has 0 heterocycles. The molecule has 1 rings (SSSR count). The number of hydrogen-bond acceptors (Lipinski definition) is 2.